The molecule has 1 N–H and O–H groups in total. The normalized spacial score (nSPS) is 34.6. The summed E-state index contributed by atoms with van der Waals surface area (Å²) >= 11 is 0. The van der Waals surface area contributed by atoms with E-state index in [0.29, 0.717) is 18.3 Å². The second kappa shape index (κ2) is 7.51. The van der Waals surface area contributed by atoms with Crippen LogP contribution in [0, 0.1) is 17.3 Å². The van der Waals surface area contributed by atoms with E-state index in [4.69, 9.17) is 4.74 Å². The summed E-state index contributed by atoms with van der Waals surface area (Å²) < 4.78 is 5.76. The zero-order valence-electron chi connectivity index (χ0n) is 19.3. The topological polar surface area (TPSA) is 49.8 Å². The summed E-state index contributed by atoms with van der Waals surface area (Å²) in [5, 5.41) is 11.0. The molecule has 4 aliphatic rings. The van der Waals surface area contributed by atoms with Crippen LogP contribution in [0.4, 0.5) is 5.69 Å². The van der Waals surface area contributed by atoms with Crippen molar-refractivity contribution in [3.63, 3.8) is 0 Å². The van der Waals surface area contributed by atoms with Crippen LogP contribution in [-0.2, 0) is 4.79 Å². The number of carbonyl (C=O) groups is 1. The summed E-state index contributed by atoms with van der Waals surface area (Å²) in [6.07, 6.45) is 8.33. The van der Waals surface area contributed by atoms with Gasteiger partial charge in [-0.25, -0.2) is 0 Å². The van der Waals surface area contributed by atoms with Gasteiger partial charge in [-0.15, -0.1) is 0 Å². The van der Waals surface area contributed by atoms with Crippen LogP contribution < -0.4 is 9.64 Å². The molecule has 2 fully saturated rings. The number of aliphatic hydroxyl groups is 1. The minimum absolute atomic E-state index is 0.0431. The predicted octanol–water partition coefficient (Wildman–Crippen LogP) is 5.02. The van der Waals surface area contributed by atoms with Crippen LogP contribution in [0.25, 0.3) is 0 Å². The maximum Gasteiger partial charge on any atom is 0.156 e. The smallest absolute Gasteiger partial charge is 0.156 e. The first-order chi connectivity index (χ1) is 14.8. The molecule has 1 aromatic carbocycles. The first-order valence-electron chi connectivity index (χ1n) is 11.8. The summed E-state index contributed by atoms with van der Waals surface area (Å²) in [5.41, 5.74) is 6.63. The third-order valence-electron chi connectivity index (χ3n) is 8.77. The zero-order chi connectivity index (χ0) is 21.9. The molecule has 2 saturated carbocycles. The number of nitrogens with zero attached hydrogens (tertiary/aromatic N) is 1. The Hall–Kier alpha value is -2.07. The van der Waals surface area contributed by atoms with E-state index in [-0.39, 0.29) is 23.2 Å². The van der Waals surface area contributed by atoms with Crippen molar-refractivity contribution in [2.24, 2.45) is 17.3 Å². The first kappa shape index (κ1) is 20.8. The van der Waals surface area contributed by atoms with Gasteiger partial charge in [0.05, 0.1) is 18.9 Å². The van der Waals surface area contributed by atoms with Gasteiger partial charge in [0.2, 0.25) is 0 Å². The Labute approximate surface area is 186 Å². The van der Waals surface area contributed by atoms with Crippen molar-refractivity contribution in [2.75, 3.05) is 26.1 Å². The number of carbonyl (C=O) groups excluding carboxylic acids is 1. The molecule has 0 saturated heterocycles. The van der Waals surface area contributed by atoms with Crippen molar-refractivity contribution in [2.45, 2.75) is 63.9 Å². The quantitative estimate of drug-likeness (QED) is 0.744. The molecule has 0 bridgehead atoms. The number of anilines is 1. The molecule has 4 aliphatic carbocycles. The maximum absolute atomic E-state index is 12.1. The van der Waals surface area contributed by atoms with Gasteiger partial charge in [-0.05, 0) is 90.7 Å². The lowest BCUT2D eigenvalue weighted by Crippen LogP contribution is -2.45. The largest absolute Gasteiger partial charge is 0.495 e. The van der Waals surface area contributed by atoms with Crippen LogP contribution in [-0.4, -0.2) is 38.2 Å². The molecule has 0 aromatic heterocycles. The molecule has 0 aliphatic heterocycles. The average Bonchev–Trinajstić information content (AvgIpc) is 3.06. The molecule has 166 valence electrons. The van der Waals surface area contributed by atoms with E-state index in [0.717, 1.165) is 50.0 Å². The van der Waals surface area contributed by atoms with Gasteiger partial charge in [0, 0.05) is 26.4 Å². The average molecular weight is 422 g/mol. The van der Waals surface area contributed by atoms with Gasteiger partial charge in [-0.2, -0.15) is 0 Å². The minimum atomic E-state index is -0.223. The highest BCUT2D eigenvalue weighted by Crippen LogP contribution is 2.64. The van der Waals surface area contributed by atoms with Crippen molar-refractivity contribution in [3.05, 3.63) is 46.6 Å². The highest BCUT2D eigenvalue weighted by Gasteiger charge is 2.56. The summed E-state index contributed by atoms with van der Waals surface area (Å²) in [6, 6.07) is 6.63. The highest BCUT2D eigenvalue weighted by atomic mass is 16.5. The Kier molecular flexibility index (Phi) is 5.04. The number of rotatable bonds is 3. The number of fused-ring (bicyclic) bond motifs is 4. The van der Waals surface area contributed by atoms with E-state index < -0.39 is 0 Å². The Morgan fingerprint density at radius 2 is 1.94 bits per heavy atom. The van der Waals surface area contributed by atoms with E-state index in [1.165, 1.54) is 16.7 Å². The summed E-state index contributed by atoms with van der Waals surface area (Å²) in [4.78, 5) is 14.2. The fourth-order valence-electron chi connectivity index (χ4n) is 7.21. The van der Waals surface area contributed by atoms with Crippen molar-refractivity contribution >= 4 is 11.5 Å². The molecule has 5 atom stereocenters. The van der Waals surface area contributed by atoms with Crippen LogP contribution in [0.1, 0.15) is 63.4 Å². The lowest BCUT2D eigenvalue weighted by molar-refractivity contribution is -0.114. The van der Waals surface area contributed by atoms with Crippen molar-refractivity contribution in [1.82, 2.24) is 0 Å². The number of ketones is 1. The van der Waals surface area contributed by atoms with Crippen molar-refractivity contribution < 1.29 is 14.6 Å². The van der Waals surface area contributed by atoms with Gasteiger partial charge in [0.15, 0.2) is 5.78 Å². The lowest BCUT2D eigenvalue weighted by Gasteiger charge is -2.52. The van der Waals surface area contributed by atoms with Crippen LogP contribution in [0.3, 0.4) is 0 Å². The molecule has 4 heteroatoms. The molecule has 5 unspecified atom stereocenters. The summed E-state index contributed by atoms with van der Waals surface area (Å²) in [5.74, 6) is 2.51. The summed E-state index contributed by atoms with van der Waals surface area (Å²) in [7, 11) is 5.82. The molecule has 1 aromatic rings. The van der Waals surface area contributed by atoms with E-state index >= 15 is 0 Å². The second-order valence-electron chi connectivity index (χ2n) is 10.5. The molecule has 0 radical (unpaired) electrons. The van der Waals surface area contributed by atoms with Gasteiger partial charge in [-0.3, -0.25) is 4.79 Å². The zero-order valence-corrected chi connectivity index (χ0v) is 19.3. The maximum atomic E-state index is 12.1. The Morgan fingerprint density at radius 3 is 2.68 bits per heavy atom. The number of methoxy groups -OCH3 is 1. The molecule has 31 heavy (non-hydrogen) atoms. The number of hydrogen-bond acceptors (Lipinski definition) is 4. The van der Waals surface area contributed by atoms with Crippen LogP contribution >= 0.6 is 0 Å². The Morgan fingerprint density at radius 1 is 1.13 bits per heavy atom. The minimum Gasteiger partial charge on any atom is -0.495 e. The monoisotopic (exact) mass is 421 g/mol. The van der Waals surface area contributed by atoms with Gasteiger partial charge in [0.1, 0.15) is 5.75 Å². The predicted molar refractivity (Wildman–Crippen MR) is 124 cm³/mol. The molecular formula is C27H35NO3. The van der Waals surface area contributed by atoms with E-state index in [9.17, 15) is 9.90 Å². The van der Waals surface area contributed by atoms with Crippen LogP contribution in [0.2, 0.25) is 0 Å². The molecule has 0 amide bonds. The van der Waals surface area contributed by atoms with Gasteiger partial charge < -0.3 is 14.7 Å². The standard InChI is InChI=1S/C27H35NO3/c1-27-15-21(17-6-11-23(28(2)3)24(14-17)31-4)26-19-9-7-18(29)13-16(19)5-8-20(26)22(27)10-12-25(27)30/h6,11,13-14,20-22,25,30H,5,7-10,12,15H2,1-4H3. The van der Waals surface area contributed by atoms with E-state index in [1.807, 2.05) is 20.2 Å². The van der Waals surface area contributed by atoms with Crippen LogP contribution in [0.15, 0.2) is 41.0 Å². The number of hydrogen-bond donors (Lipinski definition) is 1. The van der Waals surface area contributed by atoms with E-state index in [2.05, 4.69) is 30.0 Å². The fourth-order valence-corrected chi connectivity index (χ4v) is 7.21. The number of aliphatic hydroxyl groups excluding tert-OH is 1. The summed E-state index contributed by atoms with van der Waals surface area (Å²) in [6.45, 7) is 2.32. The number of allylic oxidation sites excluding steroid dienone is 4. The Bertz CT molecular complexity index is 975. The molecule has 4 nitrogen and oxygen atoms in total. The number of ether oxygens (including phenoxy) is 1. The molecule has 0 heterocycles. The van der Waals surface area contributed by atoms with Crippen LogP contribution in [0.5, 0.6) is 5.75 Å². The highest BCUT2D eigenvalue weighted by molar-refractivity contribution is 5.93. The number of benzene rings is 1. The van der Waals surface area contributed by atoms with E-state index in [1.54, 1.807) is 12.7 Å². The molecule has 0 spiro atoms. The van der Waals surface area contributed by atoms with Gasteiger partial charge >= 0.3 is 0 Å². The van der Waals surface area contributed by atoms with Crippen molar-refractivity contribution in [1.29, 1.82) is 0 Å². The molecule has 5 rings (SSSR count). The SMILES string of the molecule is COc1cc(C2CC3(C)C(O)CCC3C3CCC4=CC(=O)CCC4=C23)ccc1N(C)C. The second-order valence-corrected chi connectivity index (χ2v) is 10.5. The van der Waals surface area contributed by atoms with Gasteiger partial charge in [0.25, 0.3) is 0 Å². The lowest BCUT2D eigenvalue weighted by atomic mass is 9.53. The van der Waals surface area contributed by atoms with Crippen molar-refractivity contribution in [3.8, 4) is 5.75 Å². The molecular weight excluding hydrogens is 386 g/mol. The third-order valence-corrected chi connectivity index (χ3v) is 8.77. The Balaban J connectivity index is 1.67. The van der Waals surface area contributed by atoms with Gasteiger partial charge in [-0.1, -0.05) is 18.6 Å². The third kappa shape index (κ3) is 3.17. The fraction of sp³-hybridized carbons (Fsp3) is 0.593. The first-order valence-corrected chi connectivity index (χ1v) is 11.8.